The fourth-order valence-electron chi connectivity index (χ4n) is 2.55. The van der Waals surface area contributed by atoms with Crippen LogP contribution in [0.2, 0.25) is 0 Å². The van der Waals surface area contributed by atoms with Gasteiger partial charge in [0.15, 0.2) is 0 Å². The van der Waals surface area contributed by atoms with Crippen LogP contribution in [-0.4, -0.2) is 42.0 Å². The lowest BCUT2D eigenvalue weighted by Gasteiger charge is -2.13. The number of carbonyl (C=O) groups is 1. The predicted molar refractivity (Wildman–Crippen MR) is 75.1 cm³/mol. The van der Waals surface area contributed by atoms with Crippen molar-refractivity contribution in [3.63, 3.8) is 0 Å². The highest BCUT2D eigenvalue weighted by atomic mass is 16.1. The van der Waals surface area contributed by atoms with Crippen LogP contribution in [0.5, 0.6) is 0 Å². The third kappa shape index (κ3) is 2.58. The molecule has 2 aromatic rings. The van der Waals surface area contributed by atoms with E-state index in [0.717, 1.165) is 30.3 Å². The van der Waals surface area contributed by atoms with Gasteiger partial charge in [0.2, 0.25) is 0 Å². The van der Waals surface area contributed by atoms with Crippen molar-refractivity contribution in [2.45, 2.75) is 12.5 Å². The summed E-state index contributed by atoms with van der Waals surface area (Å²) in [5.74, 6) is 0.0130. The first-order valence-corrected chi connectivity index (χ1v) is 6.55. The number of amides is 1. The van der Waals surface area contributed by atoms with Crippen molar-refractivity contribution in [3.8, 4) is 0 Å². The van der Waals surface area contributed by atoms with Crippen LogP contribution in [0.3, 0.4) is 0 Å². The van der Waals surface area contributed by atoms with Crippen LogP contribution in [0.4, 0.5) is 0 Å². The van der Waals surface area contributed by atoms with Gasteiger partial charge in [-0.2, -0.15) is 0 Å². The maximum Gasteiger partial charge on any atom is 0.251 e. The largest absolute Gasteiger partial charge is 0.348 e. The van der Waals surface area contributed by atoms with Gasteiger partial charge >= 0.3 is 0 Å². The molecule has 1 atom stereocenters. The first kappa shape index (κ1) is 12.1. The highest BCUT2D eigenvalue weighted by molar-refractivity contribution is 5.98. The number of nitrogens with one attached hydrogen (secondary N) is 1. The van der Waals surface area contributed by atoms with E-state index in [0.29, 0.717) is 5.56 Å². The number of hydrogen-bond acceptors (Lipinski definition) is 3. The number of rotatable bonds is 2. The number of pyridine rings is 1. The fourth-order valence-corrected chi connectivity index (χ4v) is 2.55. The Balaban J connectivity index is 1.77. The van der Waals surface area contributed by atoms with Crippen molar-refractivity contribution < 1.29 is 4.79 Å². The Hall–Kier alpha value is -1.94. The van der Waals surface area contributed by atoms with Gasteiger partial charge in [-0.15, -0.1) is 0 Å². The minimum Gasteiger partial charge on any atom is -0.348 e. The van der Waals surface area contributed by atoms with E-state index < -0.39 is 0 Å². The molecular formula is C15H17N3O. The standard InChI is InChI=1S/C15H17N3O/c1-18-7-5-14(10-18)17-15(19)12-2-3-13-9-16-6-4-11(13)8-12/h2-4,6,8-9,14H,5,7,10H2,1H3,(H,17,19). The van der Waals surface area contributed by atoms with E-state index >= 15 is 0 Å². The SMILES string of the molecule is CN1CCC(NC(=O)c2ccc3cnccc3c2)C1. The first-order chi connectivity index (χ1) is 9.22. The molecule has 0 aliphatic carbocycles. The lowest BCUT2D eigenvalue weighted by atomic mass is 10.1. The lowest BCUT2D eigenvalue weighted by Crippen LogP contribution is -2.36. The quantitative estimate of drug-likeness (QED) is 0.888. The number of fused-ring (bicyclic) bond motifs is 1. The van der Waals surface area contributed by atoms with Crippen molar-refractivity contribution in [1.29, 1.82) is 0 Å². The highest BCUT2D eigenvalue weighted by Gasteiger charge is 2.21. The Bertz CT molecular complexity index is 611. The number of aromatic nitrogens is 1. The van der Waals surface area contributed by atoms with Gasteiger partial charge < -0.3 is 10.2 Å². The molecule has 1 N–H and O–H groups in total. The van der Waals surface area contributed by atoms with E-state index in [4.69, 9.17) is 0 Å². The molecule has 1 aromatic heterocycles. The number of likely N-dealkylation sites (N-methyl/N-ethyl adjacent to an activating group) is 1. The highest BCUT2D eigenvalue weighted by Crippen LogP contribution is 2.15. The molecule has 0 radical (unpaired) electrons. The van der Waals surface area contributed by atoms with E-state index in [2.05, 4.69) is 22.2 Å². The summed E-state index contributed by atoms with van der Waals surface area (Å²) in [4.78, 5) is 18.5. The monoisotopic (exact) mass is 255 g/mol. The lowest BCUT2D eigenvalue weighted by molar-refractivity contribution is 0.0938. The van der Waals surface area contributed by atoms with E-state index in [9.17, 15) is 4.79 Å². The molecule has 0 spiro atoms. The van der Waals surface area contributed by atoms with Crippen LogP contribution in [0.1, 0.15) is 16.8 Å². The van der Waals surface area contributed by atoms with E-state index in [1.807, 2.05) is 30.5 Å². The zero-order valence-corrected chi connectivity index (χ0v) is 11.0. The molecule has 3 rings (SSSR count). The van der Waals surface area contributed by atoms with E-state index in [1.54, 1.807) is 6.20 Å². The van der Waals surface area contributed by atoms with Crippen LogP contribution in [0, 0.1) is 0 Å². The van der Waals surface area contributed by atoms with Crippen molar-refractivity contribution in [2.24, 2.45) is 0 Å². The second-order valence-corrected chi connectivity index (χ2v) is 5.16. The number of carbonyl (C=O) groups excluding carboxylic acids is 1. The second kappa shape index (κ2) is 4.97. The normalized spacial score (nSPS) is 19.7. The van der Waals surface area contributed by atoms with Crippen molar-refractivity contribution in [3.05, 3.63) is 42.2 Å². The third-order valence-corrected chi connectivity index (χ3v) is 3.63. The Labute approximate surface area is 112 Å². The molecule has 19 heavy (non-hydrogen) atoms. The summed E-state index contributed by atoms with van der Waals surface area (Å²) in [7, 11) is 2.08. The molecule has 1 saturated heterocycles. The van der Waals surface area contributed by atoms with Crippen molar-refractivity contribution in [2.75, 3.05) is 20.1 Å². The van der Waals surface area contributed by atoms with Crippen LogP contribution < -0.4 is 5.32 Å². The molecule has 2 heterocycles. The van der Waals surface area contributed by atoms with Crippen molar-refractivity contribution in [1.82, 2.24) is 15.2 Å². The summed E-state index contributed by atoms with van der Waals surface area (Å²) in [5, 5.41) is 5.20. The van der Waals surface area contributed by atoms with E-state index in [-0.39, 0.29) is 11.9 Å². The molecule has 1 aliphatic heterocycles. The van der Waals surface area contributed by atoms with Crippen LogP contribution in [0.15, 0.2) is 36.7 Å². The van der Waals surface area contributed by atoms with Crippen LogP contribution in [0.25, 0.3) is 10.8 Å². The third-order valence-electron chi connectivity index (χ3n) is 3.63. The zero-order chi connectivity index (χ0) is 13.2. The summed E-state index contributed by atoms with van der Waals surface area (Å²) in [6, 6.07) is 7.92. The van der Waals surface area contributed by atoms with Gasteiger partial charge in [-0.05, 0) is 43.6 Å². The van der Waals surface area contributed by atoms with Gasteiger partial charge in [0.1, 0.15) is 0 Å². The molecule has 1 unspecified atom stereocenters. The molecular weight excluding hydrogens is 238 g/mol. The molecule has 4 heteroatoms. The van der Waals surface area contributed by atoms with Crippen molar-refractivity contribution >= 4 is 16.7 Å². The molecule has 0 bridgehead atoms. The summed E-state index contributed by atoms with van der Waals surface area (Å²) < 4.78 is 0. The molecule has 98 valence electrons. The average molecular weight is 255 g/mol. The average Bonchev–Trinajstić information content (AvgIpc) is 2.83. The van der Waals surface area contributed by atoms with Gasteiger partial charge in [0, 0.05) is 35.9 Å². The van der Waals surface area contributed by atoms with Crippen LogP contribution in [-0.2, 0) is 0 Å². The Morgan fingerprint density at radius 2 is 2.26 bits per heavy atom. The minimum absolute atomic E-state index is 0.0130. The molecule has 0 saturated carbocycles. The summed E-state index contributed by atoms with van der Waals surface area (Å²) in [6.45, 7) is 1.98. The van der Waals surface area contributed by atoms with Gasteiger partial charge in [-0.25, -0.2) is 0 Å². The molecule has 1 aromatic carbocycles. The predicted octanol–water partition coefficient (Wildman–Crippen LogP) is 1.67. The fraction of sp³-hybridized carbons (Fsp3) is 0.333. The smallest absolute Gasteiger partial charge is 0.251 e. The number of nitrogens with zero attached hydrogens (tertiary/aromatic N) is 2. The topological polar surface area (TPSA) is 45.2 Å². The molecule has 4 nitrogen and oxygen atoms in total. The summed E-state index contributed by atoms with van der Waals surface area (Å²) >= 11 is 0. The zero-order valence-electron chi connectivity index (χ0n) is 11.0. The van der Waals surface area contributed by atoms with Crippen LogP contribution >= 0.6 is 0 Å². The minimum atomic E-state index is 0.0130. The first-order valence-electron chi connectivity index (χ1n) is 6.55. The van der Waals surface area contributed by atoms with Gasteiger partial charge in [-0.3, -0.25) is 9.78 Å². The van der Waals surface area contributed by atoms with E-state index in [1.165, 1.54) is 0 Å². The molecule has 1 fully saturated rings. The number of hydrogen-bond donors (Lipinski definition) is 1. The summed E-state index contributed by atoms with van der Waals surface area (Å²) in [5.41, 5.74) is 0.716. The number of likely N-dealkylation sites (tertiary alicyclic amines) is 1. The Morgan fingerprint density at radius 3 is 3.05 bits per heavy atom. The number of benzene rings is 1. The maximum atomic E-state index is 12.2. The van der Waals surface area contributed by atoms with Gasteiger partial charge in [0.05, 0.1) is 0 Å². The summed E-state index contributed by atoms with van der Waals surface area (Å²) in [6.07, 6.45) is 4.58. The van der Waals surface area contributed by atoms with Gasteiger partial charge in [0.25, 0.3) is 5.91 Å². The molecule has 1 amide bonds. The second-order valence-electron chi connectivity index (χ2n) is 5.16. The Kier molecular flexibility index (Phi) is 3.17. The van der Waals surface area contributed by atoms with Gasteiger partial charge in [-0.1, -0.05) is 6.07 Å². The molecule has 1 aliphatic rings. The Morgan fingerprint density at radius 1 is 1.37 bits per heavy atom. The maximum absolute atomic E-state index is 12.2.